The summed E-state index contributed by atoms with van der Waals surface area (Å²) in [6.45, 7) is 4.22. The van der Waals surface area contributed by atoms with Crippen molar-refractivity contribution in [1.29, 1.82) is 10.5 Å². The number of nitriles is 2. The summed E-state index contributed by atoms with van der Waals surface area (Å²) < 4.78 is 21.7. The molecule has 7 atom stereocenters. The Bertz CT molecular complexity index is 1670. The first-order chi connectivity index (χ1) is 21.0. The lowest BCUT2D eigenvalue weighted by Gasteiger charge is -2.60. The molecular weight excluding hydrogens is 579 g/mol. The van der Waals surface area contributed by atoms with Crippen molar-refractivity contribution < 1.29 is 23.8 Å². The van der Waals surface area contributed by atoms with E-state index < -0.39 is 28.5 Å². The lowest BCUT2D eigenvalue weighted by molar-refractivity contribution is -0.199. The first-order valence-electron chi connectivity index (χ1n) is 15.4. The average Bonchev–Trinajstić information content (AvgIpc) is 3.63. The van der Waals surface area contributed by atoms with Gasteiger partial charge in [0.2, 0.25) is 5.12 Å². The van der Waals surface area contributed by atoms with Gasteiger partial charge in [0, 0.05) is 5.41 Å². The van der Waals surface area contributed by atoms with E-state index >= 15 is 0 Å². The van der Waals surface area contributed by atoms with E-state index in [2.05, 4.69) is 24.2 Å². The molecule has 5 aliphatic rings. The Labute approximate surface area is 260 Å². The van der Waals surface area contributed by atoms with Gasteiger partial charge in [-0.3, -0.25) is 9.59 Å². The zero-order valence-corrected chi connectivity index (χ0v) is 25.7. The molecule has 0 radical (unpaired) electrons. The van der Waals surface area contributed by atoms with Gasteiger partial charge in [-0.15, -0.1) is 0 Å². The number of halogens is 1. The number of carbonyl (C=O) groups excluding carboxylic acids is 2. The first-order valence-corrected chi connectivity index (χ1v) is 16.4. The second kappa shape index (κ2) is 10.0. The number of rotatable bonds is 5. The van der Waals surface area contributed by atoms with Gasteiger partial charge in [-0.25, -0.2) is 9.07 Å². The summed E-state index contributed by atoms with van der Waals surface area (Å²) in [5, 5.41) is 35.3. The maximum absolute atomic E-state index is 13.9. The van der Waals surface area contributed by atoms with Crippen molar-refractivity contribution in [2.75, 3.05) is 5.75 Å². The number of allylic oxidation sites excluding steroid dienone is 1. The summed E-state index contributed by atoms with van der Waals surface area (Å²) in [6, 6.07) is 10.4. The molecule has 8 nitrogen and oxygen atoms in total. The molecule has 1 aromatic heterocycles. The molecule has 4 fully saturated rings. The number of hydrogen-bond donors (Lipinski definition) is 1. The first kappa shape index (κ1) is 29.3. The number of fused-ring (bicyclic) bond motifs is 6. The molecule has 1 aromatic carbocycles. The van der Waals surface area contributed by atoms with E-state index in [0.717, 1.165) is 41.5 Å². The minimum Gasteiger partial charge on any atom is -0.448 e. The van der Waals surface area contributed by atoms with Gasteiger partial charge in [0.15, 0.2) is 11.0 Å². The molecule has 0 bridgehead atoms. The van der Waals surface area contributed by atoms with Gasteiger partial charge in [0.25, 0.3) is 0 Å². The largest absolute Gasteiger partial charge is 0.448 e. The standard InChI is InChI=1S/C34H35FN4O4S/c1-31-16-20-18-38-39(23-6-4-22(35)5-7-23)26(20)15-21(31)3-8-24-25-9-10-34(30(42)44-14-13-36,32(25,2)17-27(40)28(24)31)43-29(41)33(19-37)11-12-33/h4-7,15,18,24-25,27-28,40H,3,8-12,14,16-17H2,1-2H3/t24-,25-,27-,28+,31-,32-,34-/m0/s1. The number of aliphatic hydroxyl groups excluding tert-OH is 1. The Morgan fingerprint density at radius 1 is 1.18 bits per heavy atom. The molecule has 0 amide bonds. The Morgan fingerprint density at radius 2 is 1.93 bits per heavy atom. The Kier molecular flexibility index (Phi) is 6.66. The van der Waals surface area contributed by atoms with E-state index in [0.29, 0.717) is 32.1 Å². The van der Waals surface area contributed by atoms with E-state index in [-0.39, 0.29) is 46.3 Å². The third kappa shape index (κ3) is 4.00. The molecule has 10 heteroatoms. The average molecular weight is 615 g/mol. The highest BCUT2D eigenvalue weighted by Crippen LogP contribution is 2.69. The number of carbonyl (C=O) groups is 2. The molecule has 1 heterocycles. The fourth-order valence-corrected chi connectivity index (χ4v) is 10.3. The molecule has 0 aliphatic heterocycles. The normalized spacial score (nSPS) is 35.9. The van der Waals surface area contributed by atoms with E-state index in [9.17, 15) is 29.6 Å². The van der Waals surface area contributed by atoms with Gasteiger partial charge in [0.1, 0.15) is 5.82 Å². The topological polar surface area (TPSA) is 129 Å². The van der Waals surface area contributed by atoms with E-state index in [4.69, 9.17) is 4.74 Å². The van der Waals surface area contributed by atoms with Gasteiger partial charge in [-0.1, -0.05) is 31.2 Å². The summed E-state index contributed by atoms with van der Waals surface area (Å²) in [5.41, 5.74) is 0.249. The number of nitrogens with zero attached hydrogens (tertiary/aromatic N) is 4. The number of benzene rings is 1. The maximum atomic E-state index is 13.9. The van der Waals surface area contributed by atoms with Gasteiger partial charge < -0.3 is 9.84 Å². The van der Waals surface area contributed by atoms with Crippen LogP contribution in [0.25, 0.3) is 11.8 Å². The van der Waals surface area contributed by atoms with Crippen molar-refractivity contribution in [3.05, 3.63) is 53.1 Å². The molecule has 0 spiro atoms. The fourth-order valence-electron chi connectivity index (χ4n) is 9.46. The summed E-state index contributed by atoms with van der Waals surface area (Å²) in [5.74, 6) is -0.954. The Balaban J connectivity index is 1.23. The second-order valence-corrected chi connectivity index (χ2v) is 14.9. The number of hydrogen-bond acceptors (Lipinski definition) is 8. The predicted molar refractivity (Wildman–Crippen MR) is 160 cm³/mol. The monoisotopic (exact) mass is 614 g/mol. The van der Waals surface area contributed by atoms with Crippen molar-refractivity contribution in [2.45, 2.75) is 76.9 Å². The van der Waals surface area contributed by atoms with Crippen molar-refractivity contribution in [3.63, 3.8) is 0 Å². The minimum atomic E-state index is -1.50. The SMILES string of the molecule is C[C@]12Cc3cnn(-c4ccc(F)cc4)c3C=C1CC[C@@H]1[C@@H]2[C@@H](O)C[C@@]2(C)[C@H]1CC[C@]2(OC(=O)C1(C#N)CC1)C(=O)SCC#N. The van der Waals surface area contributed by atoms with Crippen molar-refractivity contribution in [1.82, 2.24) is 9.78 Å². The smallest absolute Gasteiger partial charge is 0.327 e. The van der Waals surface area contributed by atoms with Crippen molar-refractivity contribution >= 4 is 28.9 Å². The number of esters is 1. The minimum absolute atomic E-state index is 0.0225. The number of ether oxygens (including phenoxy) is 1. The van der Waals surface area contributed by atoms with Gasteiger partial charge in [0.05, 0.1) is 41.6 Å². The zero-order chi connectivity index (χ0) is 31.1. The van der Waals surface area contributed by atoms with Crippen LogP contribution in [-0.2, 0) is 20.7 Å². The highest BCUT2D eigenvalue weighted by atomic mass is 32.2. The molecule has 0 saturated heterocycles. The maximum Gasteiger partial charge on any atom is 0.327 e. The Morgan fingerprint density at radius 3 is 2.61 bits per heavy atom. The second-order valence-electron chi connectivity index (χ2n) is 13.9. The number of aromatic nitrogens is 2. The quantitative estimate of drug-likeness (QED) is 0.435. The molecule has 4 saturated carbocycles. The van der Waals surface area contributed by atoms with Crippen LogP contribution >= 0.6 is 11.8 Å². The van der Waals surface area contributed by atoms with E-state index in [1.54, 1.807) is 12.1 Å². The summed E-state index contributed by atoms with van der Waals surface area (Å²) in [6.07, 6.45) is 7.79. The van der Waals surface area contributed by atoms with Gasteiger partial charge in [-0.05, 0) is 110 Å². The third-order valence-electron chi connectivity index (χ3n) is 11.8. The van der Waals surface area contributed by atoms with Gasteiger partial charge in [-0.2, -0.15) is 15.6 Å². The lowest BCUT2D eigenvalue weighted by Crippen LogP contribution is -2.62. The number of aliphatic hydroxyl groups is 1. The van der Waals surface area contributed by atoms with Crippen LogP contribution in [0.2, 0.25) is 0 Å². The fraction of sp³-hybridized carbons (Fsp3) is 0.559. The Hall–Kier alpha value is -3.47. The molecule has 228 valence electrons. The predicted octanol–water partition coefficient (Wildman–Crippen LogP) is 5.53. The van der Waals surface area contributed by atoms with Crippen LogP contribution in [0.3, 0.4) is 0 Å². The van der Waals surface area contributed by atoms with Crippen LogP contribution in [-0.4, -0.2) is 43.4 Å². The molecule has 1 N–H and O–H groups in total. The molecule has 7 rings (SSSR count). The molecule has 5 aliphatic carbocycles. The zero-order valence-electron chi connectivity index (χ0n) is 24.9. The van der Waals surface area contributed by atoms with Crippen LogP contribution in [0, 0.1) is 62.5 Å². The highest BCUT2D eigenvalue weighted by Gasteiger charge is 2.71. The third-order valence-corrected chi connectivity index (χ3v) is 12.7. The summed E-state index contributed by atoms with van der Waals surface area (Å²) >= 11 is 0.868. The summed E-state index contributed by atoms with van der Waals surface area (Å²) in [7, 11) is 0. The van der Waals surface area contributed by atoms with Crippen LogP contribution in [0.4, 0.5) is 4.39 Å². The highest BCUT2D eigenvalue weighted by molar-refractivity contribution is 8.14. The van der Waals surface area contributed by atoms with Crippen LogP contribution in [0.15, 0.2) is 36.0 Å². The molecule has 0 unspecified atom stereocenters. The van der Waals surface area contributed by atoms with Crippen molar-refractivity contribution in [2.24, 2.45) is 34.0 Å². The van der Waals surface area contributed by atoms with Crippen LogP contribution < -0.4 is 0 Å². The van der Waals surface area contributed by atoms with Gasteiger partial charge >= 0.3 is 5.97 Å². The molecule has 44 heavy (non-hydrogen) atoms. The van der Waals surface area contributed by atoms with Crippen LogP contribution in [0.5, 0.6) is 0 Å². The summed E-state index contributed by atoms with van der Waals surface area (Å²) in [4.78, 5) is 27.3. The number of thioether (sulfide) groups is 1. The lowest BCUT2D eigenvalue weighted by atomic mass is 9.45. The van der Waals surface area contributed by atoms with E-state index in [1.165, 1.54) is 17.7 Å². The van der Waals surface area contributed by atoms with E-state index in [1.807, 2.05) is 23.9 Å². The van der Waals surface area contributed by atoms with Crippen molar-refractivity contribution in [3.8, 4) is 17.8 Å². The van der Waals surface area contributed by atoms with Crippen LogP contribution in [0.1, 0.15) is 70.1 Å². The molecular formula is C34H35FN4O4S. The molecule has 2 aromatic rings.